The van der Waals surface area contributed by atoms with Crippen molar-refractivity contribution in [2.75, 3.05) is 6.54 Å². The number of nitrogens with zero attached hydrogens (tertiary/aromatic N) is 1. The van der Waals surface area contributed by atoms with Crippen LogP contribution in [0.4, 0.5) is 0 Å². The molecule has 0 spiro atoms. The van der Waals surface area contributed by atoms with E-state index in [0.717, 1.165) is 13.0 Å². The van der Waals surface area contributed by atoms with Crippen molar-refractivity contribution in [3.05, 3.63) is 0 Å². The molecule has 0 saturated carbocycles. The number of carbonyl (C=O) groups excluding carboxylic acids is 1. The van der Waals surface area contributed by atoms with Gasteiger partial charge in [0, 0.05) is 6.04 Å². The van der Waals surface area contributed by atoms with Crippen molar-refractivity contribution in [1.29, 1.82) is 0 Å². The predicted octanol–water partition coefficient (Wildman–Crippen LogP) is 2.98. The highest BCUT2D eigenvalue weighted by Gasteiger charge is 2.31. The Hall–Kier alpha value is -0.570. The summed E-state index contributed by atoms with van der Waals surface area (Å²) in [5, 5.41) is 0. The molecule has 3 heteroatoms. The first-order valence-corrected chi connectivity index (χ1v) is 6.83. The van der Waals surface area contributed by atoms with Gasteiger partial charge in [0.05, 0.1) is 0 Å². The summed E-state index contributed by atoms with van der Waals surface area (Å²) in [6.07, 6.45) is 4.82. The van der Waals surface area contributed by atoms with Crippen LogP contribution in [0.1, 0.15) is 60.3 Å². The van der Waals surface area contributed by atoms with Crippen LogP contribution in [0.2, 0.25) is 0 Å². The van der Waals surface area contributed by atoms with Gasteiger partial charge in [0.25, 0.3) is 0 Å². The maximum Gasteiger partial charge on any atom is 0.323 e. The molecule has 0 aromatic rings. The minimum atomic E-state index is -0.386. The quantitative estimate of drug-likeness (QED) is 0.711. The maximum atomic E-state index is 12.1. The highest BCUT2D eigenvalue weighted by molar-refractivity contribution is 5.75. The van der Waals surface area contributed by atoms with Gasteiger partial charge in [-0.15, -0.1) is 0 Å². The summed E-state index contributed by atoms with van der Waals surface area (Å²) in [5.41, 5.74) is -0.386. The van der Waals surface area contributed by atoms with E-state index in [2.05, 4.69) is 11.8 Å². The lowest BCUT2D eigenvalue weighted by Crippen LogP contribution is -2.49. The summed E-state index contributed by atoms with van der Waals surface area (Å²) in [5.74, 6) is -0.0853. The Kier molecular flexibility index (Phi) is 4.99. The SMILES string of the molecule is CCC1CCCCN1C(C)C(=O)OC(C)(C)C. The molecule has 17 heavy (non-hydrogen) atoms. The molecule has 3 nitrogen and oxygen atoms in total. The standard InChI is InChI=1S/C14H27NO2/c1-6-12-9-7-8-10-15(12)11(2)13(16)17-14(3,4)5/h11-12H,6-10H2,1-5H3. The van der Waals surface area contributed by atoms with Crippen molar-refractivity contribution in [3.63, 3.8) is 0 Å². The molecule has 0 aliphatic carbocycles. The number of likely N-dealkylation sites (tertiary alicyclic amines) is 1. The molecule has 0 N–H and O–H groups in total. The Morgan fingerprint density at radius 2 is 2.06 bits per heavy atom. The van der Waals surface area contributed by atoms with E-state index in [1.807, 2.05) is 27.7 Å². The smallest absolute Gasteiger partial charge is 0.323 e. The van der Waals surface area contributed by atoms with Crippen LogP contribution in [0.25, 0.3) is 0 Å². The summed E-state index contributed by atoms with van der Waals surface area (Å²) >= 11 is 0. The van der Waals surface area contributed by atoms with Gasteiger partial charge in [-0.2, -0.15) is 0 Å². The summed E-state index contributed by atoms with van der Waals surface area (Å²) in [4.78, 5) is 14.4. The number of rotatable bonds is 3. The summed E-state index contributed by atoms with van der Waals surface area (Å²) in [7, 11) is 0. The normalized spacial score (nSPS) is 24.4. The van der Waals surface area contributed by atoms with Crippen LogP contribution in [0.5, 0.6) is 0 Å². The molecule has 1 fully saturated rings. The third-order valence-electron chi connectivity index (χ3n) is 3.39. The number of hydrogen-bond acceptors (Lipinski definition) is 3. The van der Waals surface area contributed by atoms with E-state index in [9.17, 15) is 4.79 Å². The van der Waals surface area contributed by atoms with Crippen molar-refractivity contribution in [1.82, 2.24) is 4.90 Å². The molecule has 1 heterocycles. The van der Waals surface area contributed by atoms with Crippen molar-refractivity contribution in [3.8, 4) is 0 Å². The van der Waals surface area contributed by atoms with Crippen molar-refractivity contribution < 1.29 is 9.53 Å². The number of ether oxygens (including phenoxy) is 1. The van der Waals surface area contributed by atoms with Crippen LogP contribution in [0.15, 0.2) is 0 Å². The highest BCUT2D eigenvalue weighted by Crippen LogP contribution is 2.23. The minimum absolute atomic E-state index is 0.0853. The van der Waals surface area contributed by atoms with E-state index in [4.69, 9.17) is 4.74 Å². The van der Waals surface area contributed by atoms with Crippen molar-refractivity contribution in [2.24, 2.45) is 0 Å². The molecule has 0 radical (unpaired) electrons. The molecule has 0 bridgehead atoms. The molecule has 100 valence electrons. The third-order valence-corrected chi connectivity index (χ3v) is 3.39. The van der Waals surface area contributed by atoms with Crippen LogP contribution in [0.3, 0.4) is 0 Å². The molecule has 0 amide bonds. The van der Waals surface area contributed by atoms with Gasteiger partial charge in [-0.3, -0.25) is 9.69 Å². The lowest BCUT2D eigenvalue weighted by atomic mass is 9.98. The summed E-state index contributed by atoms with van der Waals surface area (Å²) in [6, 6.07) is 0.436. The summed E-state index contributed by atoms with van der Waals surface area (Å²) < 4.78 is 5.46. The van der Waals surface area contributed by atoms with Gasteiger partial charge in [-0.25, -0.2) is 0 Å². The fourth-order valence-electron chi connectivity index (χ4n) is 2.49. The Morgan fingerprint density at radius 3 is 2.59 bits per heavy atom. The van der Waals surface area contributed by atoms with Crippen molar-refractivity contribution >= 4 is 5.97 Å². The lowest BCUT2D eigenvalue weighted by Gasteiger charge is -2.39. The van der Waals surface area contributed by atoms with Gasteiger partial charge in [0.1, 0.15) is 11.6 Å². The topological polar surface area (TPSA) is 29.5 Å². The second-order valence-electron chi connectivity index (χ2n) is 6.01. The Bertz CT molecular complexity index is 257. The maximum absolute atomic E-state index is 12.1. The third kappa shape index (κ3) is 4.30. The largest absolute Gasteiger partial charge is 0.459 e. The molecule has 1 aliphatic rings. The van der Waals surface area contributed by atoms with E-state index in [-0.39, 0.29) is 17.6 Å². The van der Waals surface area contributed by atoms with Gasteiger partial charge in [0.15, 0.2) is 0 Å². The molecule has 0 aromatic heterocycles. The van der Waals surface area contributed by atoms with Gasteiger partial charge in [-0.05, 0) is 53.5 Å². The Labute approximate surface area is 106 Å². The van der Waals surface area contributed by atoms with E-state index < -0.39 is 0 Å². The number of piperidine rings is 1. The fraction of sp³-hybridized carbons (Fsp3) is 0.929. The molecule has 2 atom stereocenters. The first-order chi connectivity index (χ1) is 7.85. The van der Waals surface area contributed by atoms with Gasteiger partial charge in [-0.1, -0.05) is 13.3 Å². The second-order valence-corrected chi connectivity index (χ2v) is 6.01. The molecular formula is C14H27NO2. The number of carbonyl (C=O) groups is 1. The fourth-order valence-corrected chi connectivity index (χ4v) is 2.49. The Balaban J connectivity index is 2.60. The summed E-state index contributed by atoms with van der Waals surface area (Å²) in [6.45, 7) is 11.0. The van der Waals surface area contributed by atoms with Crippen molar-refractivity contribution in [2.45, 2.75) is 78.0 Å². The molecule has 1 rings (SSSR count). The molecule has 1 saturated heterocycles. The predicted molar refractivity (Wildman–Crippen MR) is 69.9 cm³/mol. The first-order valence-electron chi connectivity index (χ1n) is 6.83. The van der Waals surface area contributed by atoms with Gasteiger partial charge < -0.3 is 4.74 Å². The molecule has 2 unspecified atom stereocenters. The molecular weight excluding hydrogens is 214 g/mol. The van der Waals surface area contributed by atoms with E-state index in [1.165, 1.54) is 19.3 Å². The molecule has 0 aromatic carbocycles. The first kappa shape index (κ1) is 14.5. The zero-order valence-corrected chi connectivity index (χ0v) is 12.0. The second kappa shape index (κ2) is 5.85. The van der Waals surface area contributed by atoms with Crippen LogP contribution < -0.4 is 0 Å². The van der Waals surface area contributed by atoms with Crippen LogP contribution in [0, 0.1) is 0 Å². The number of esters is 1. The molecule has 1 aliphatic heterocycles. The average Bonchev–Trinajstić information content (AvgIpc) is 2.25. The number of hydrogen-bond donors (Lipinski definition) is 0. The van der Waals surface area contributed by atoms with Crippen LogP contribution in [-0.4, -0.2) is 35.1 Å². The zero-order valence-electron chi connectivity index (χ0n) is 12.0. The highest BCUT2D eigenvalue weighted by atomic mass is 16.6. The van der Waals surface area contributed by atoms with Gasteiger partial charge in [0.2, 0.25) is 0 Å². The van der Waals surface area contributed by atoms with Crippen LogP contribution in [-0.2, 0) is 9.53 Å². The van der Waals surface area contributed by atoms with E-state index >= 15 is 0 Å². The zero-order chi connectivity index (χ0) is 13.1. The van der Waals surface area contributed by atoms with Gasteiger partial charge >= 0.3 is 5.97 Å². The van der Waals surface area contributed by atoms with E-state index in [0.29, 0.717) is 6.04 Å². The Morgan fingerprint density at radius 1 is 1.41 bits per heavy atom. The minimum Gasteiger partial charge on any atom is -0.459 e. The average molecular weight is 241 g/mol. The van der Waals surface area contributed by atoms with E-state index in [1.54, 1.807) is 0 Å². The van der Waals surface area contributed by atoms with Crippen LogP contribution >= 0.6 is 0 Å². The lowest BCUT2D eigenvalue weighted by molar-refractivity contribution is -0.162. The monoisotopic (exact) mass is 241 g/mol.